The van der Waals surface area contributed by atoms with Crippen LogP contribution in [0.3, 0.4) is 0 Å². The van der Waals surface area contributed by atoms with E-state index in [1.54, 1.807) is 32.5 Å². The Morgan fingerprint density at radius 3 is 2.72 bits per heavy atom. The van der Waals surface area contributed by atoms with Crippen molar-refractivity contribution in [2.75, 3.05) is 20.8 Å². The summed E-state index contributed by atoms with van der Waals surface area (Å²) < 4.78 is 13.8. The number of aryl methyl sites for hydroxylation is 1. The first-order valence-electron chi connectivity index (χ1n) is 10.3. The number of nitrogens with zero attached hydrogens (tertiary/aromatic N) is 2. The van der Waals surface area contributed by atoms with Crippen LogP contribution in [0.25, 0.3) is 20.2 Å². The van der Waals surface area contributed by atoms with Crippen molar-refractivity contribution in [3.63, 3.8) is 0 Å². The van der Waals surface area contributed by atoms with Crippen LogP contribution in [0.5, 0.6) is 11.5 Å². The minimum absolute atomic E-state index is 0.248. The van der Waals surface area contributed by atoms with Gasteiger partial charge in [0.25, 0.3) is 5.56 Å². The van der Waals surface area contributed by atoms with E-state index in [-0.39, 0.29) is 11.5 Å². The molecule has 0 aliphatic carbocycles. The number of benzene rings is 2. The molecule has 0 aliphatic rings. The zero-order valence-corrected chi connectivity index (χ0v) is 19.3. The number of carbonyl (C=O) groups excluding carboxylic acids is 1. The number of hydrogen-bond acceptors (Lipinski definition) is 6. The van der Waals surface area contributed by atoms with E-state index in [1.807, 2.05) is 49.4 Å². The van der Waals surface area contributed by atoms with E-state index in [2.05, 4.69) is 10.4 Å². The van der Waals surface area contributed by atoms with Crippen LogP contribution in [0.15, 0.2) is 47.3 Å². The third-order valence-corrected chi connectivity index (χ3v) is 6.82. The predicted octanol–water partition coefficient (Wildman–Crippen LogP) is 3.86. The molecule has 2 heterocycles. The van der Waals surface area contributed by atoms with E-state index in [9.17, 15) is 9.59 Å². The summed E-state index contributed by atoms with van der Waals surface area (Å²) in [5.41, 5.74) is 1.45. The van der Waals surface area contributed by atoms with Crippen LogP contribution in [-0.2, 0) is 11.2 Å². The lowest BCUT2D eigenvalue weighted by atomic mass is 10.1. The van der Waals surface area contributed by atoms with Gasteiger partial charge >= 0.3 is 0 Å². The molecule has 0 saturated heterocycles. The van der Waals surface area contributed by atoms with E-state index in [1.165, 1.54) is 4.68 Å². The maximum Gasteiger partial charge on any atom is 0.276 e. The highest BCUT2D eigenvalue weighted by molar-refractivity contribution is 7.26. The smallest absolute Gasteiger partial charge is 0.276 e. The van der Waals surface area contributed by atoms with Crippen LogP contribution in [0.2, 0.25) is 0 Å². The van der Waals surface area contributed by atoms with Crippen LogP contribution in [0.1, 0.15) is 24.2 Å². The second-order valence-electron chi connectivity index (χ2n) is 7.53. The lowest BCUT2D eigenvalue weighted by Crippen LogP contribution is -2.38. The highest BCUT2D eigenvalue weighted by Gasteiger charge is 2.21. The Kier molecular flexibility index (Phi) is 6.14. The van der Waals surface area contributed by atoms with Crippen LogP contribution >= 0.6 is 11.3 Å². The number of methoxy groups -OCH3 is 2. The fraction of sp³-hybridized carbons (Fsp3) is 0.292. The number of fused-ring (bicyclic) bond motifs is 3. The second kappa shape index (κ2) is 9.00. The molecule has 166 valence electrons. The van der Waals surface area contributed by atoms with Crippen LogP contribution in [-0.4, -0.2) is 36.5 Å². The molecule has 1 atom stereocenters. The van der Waals surface area contributed by atoms with E-state index in [0.29, 0.717) is 29.9 Å². The van der Waals surface area contributed by atoms with Gasteiger partial charge in [-0.3, -0.25) is 9.59 Å². The van der Waals surface area contributed by atoms with Gasteiger partial charge in [0.15, 0.2) is 0 Å². The first-order chi connectivity index (χ1) is 15.4. The van der Waals surface area contributed by atoms with Gasteiger partial charge in [-0.15, -0.1) is 11.3 Å². The van der Waals surface area contributed by atoms with Crippen molar-refractivity contribution >= 4 is 37.4 Å². The highest BCUT2D eigenvalue weighted by atomic mass is 32.1. The maximum atomic E-state index is 13.2. The van der Waals surface area contributed by atoms with E-state index in [4.69, 9.17) is 9.47 Å². The predicted molar refractivity (Wildman–Crippen MR) is 127 cm³/mol. The lowest BCUT2D eigenvalue weighted by Gasteiger charge is -2.16. The fourth-order valence-corrected chi connectivity index (χ4v) is 4.91. The van der Waals surface area contributed by atoms with Gasteiger partial charge in [-0.1, -0.05) is 24.3 Å². The van der Waals surface area contributed by atoms with Gasteiger partial charge < -0.3 is 14.8 Å². The molecule has 4 rings (SSSR count). The van der Waals surface area contributed by atoms with Gasteiger partial charge in [-0.2, -0.15) is 5.10 Å². The molecule has 2 aromatic heterocycles. The number of aromatic nitrogens is 2. The van der Waals surface area contributed by atoms with Crippen molar-refractivity contribution in [1.29, 1.82) is 0 Å². The Bertz CT molecular complexity index is 1360. The summed E-state index contributed by atoms with van der Waals surface area (Å²) in [7, 11) is 3.20. The Morgan fingerprint density at radius 1 is 1.19 bits per heavy atom. The summed E-state index contributed by atoms with van der Waals surface area (Å²) >= 11 is 1.55. The van der Waals surface area contributed by atoms with Crippen molar-refractivity contribution < 1.29 is 14.3 Å². The average molecular weight is 452 g/mol. The lowest BCUT2D eigenvalue weighted by molar-refractivity contribution is -0.124. The molecular formula is C24H25N3O4S. The number of nitrogens with one attached hydrogen (secondary N) is 1. The van der Waals surface area contributed by atoms with E-state index < -0.39 is 6.04 Å². The van der Waals surface area contributed by atoms with Crippen molar-refractivity contribution in [2.45, 2.75) is 26.3 Å². The third-order valence-electron chi connectivity index (χ3n) is 5.54. The summed E-state index contributed by atoms with van der Waals surface area (Å²) in [5.74, 6) is 1.15. The average Bonchev–Trinajstić information content (AvgIpc) is 3.21. The number of ether oxygens (including phenoxy) is 2. The molecule has 0 saturated carbocycles. The molecule has 0 fully saturated rings. The van der Waals surface area contributed by atoms with Crippen molar-refractivity contribution in [3.05, 3.63) is 64.1 Å². The Hall–Kier alpha value is -3.39. The molecule has 0 radical (unpaired) electrons. The topological polar surface area (TPSA) is 82.5 Å². The quantitative estimate of drug-likeness (QED) is 0.461. The molecule has 4 aromatic rings. The molecule has 0 spiro atoms. The van der Waals surface area contributed by atoms with Gasteiger partial charge in [-0.25, -0.2) is 4.68 Å². The zero-order chi connectivity index (χ0) is 22.8. The number of rotatable bonds is 7. The monoisotopic (exact) mass is 451 g/mol. The highest BCUT2D eigenvalue weighted by Crippen LogP contribution is 2.33. The SMILES string of the molecule is COc1ccc(CCNC(=O)C(C)n2nc(C)c3sc4ccccc4c3c2=O)c(OC)c1. The maximum absolute atomic E-state index is 13.2. The van der Waals surface area contributed by atoms with Gasteiger partial charge in [-0.05, 0) is 38.0 Å². The summed E-state index contributed by atoms with van der Waals surface area (Å²) in [6, 6.07) is 12.6. The van der Waals surface area contributed by atoms with Crippen LogP contribution < -0.4 is 20.3 Å². The number of thiophene rings is 1. The molecule has 1 amide bonds. The van der Waals surface area contributed by atoms with Crippen LogP contribution in [0, 0.1) is 6.92 Å². The molecule has 8 heteroatoms. The van der Waals surface area contributed by atoms with Gasteiger partial charge in [0, 0.05) is 22.7 Å². The Labute approximate surface area is 189 Å². The summed E-state index contributed by atoms with van der Waals surface area (Å²) in [6.07, 6.45) is 0.585. The molecule has 32 heavy (non-hydrogen) atoms. The molecule has 7 nitrogen and oxygen atoms in total. The Balaban J connectivity index is 1.54. The zero-order valence-electron chi connectivity index (χ0n) is 18.5. The number of amides is 1. The van der Waals surface area contributed by atoms with E-state index >= 15 is 0 Å². The number of carbonyl (C=O) groups is 1. The van der Waals surface area contributed by atoms with Gasteiger partial charge in [0.1, 0.15) is 17.5 Å². The Morgan fingerprint density at radius 2 is 1.97 bits per heavy atom. The van der Waals surface area contributed by atoms with Gasteiger partial charge in [0.05, 0.1) is 30.0 Å². The largest absolute Gasteiger partial charge is 0.497 e. The summed E-state index contributed by atoms with van der Waals surface area (Å²) in [4.78, 5) is 26.1. The molecular weight excluding hydrogens is 426 g/mol. The molecule has 0 aliphatic heterocycles. The summed E-state index contributed by atoms with van der Waals surface area (Å²) in [6.45, 7) is 3.97. The first kappa shape index (κ1) is 21.8. The van der Waals surface area contributed by atoms with Crippen molar-refractivity contribution in [3.8, 4) is 11.5 Å². The second-order valence-corrected chi connectivity index (χ2v) is 8.58. The molecule has 1 unspecified atom stereocenters. The summed E-state index contributed by atoms with van der Waals surface area (Å²) in [5, 5.41) is 8.89. The standard InChI is InChI=1S/C24H25N3O4S/c1-14-22-21(18-7-5-6-8-20(18)32-22)24(29)27(26-14)15(2)23(28)25-12-11-16-9-10-17(30-3)13-19(16)31-4/h5-10,13,15H,11-12H2,1-4H3,(H,25,28). The minimum Gasteiger partial charge on any atom is -0.497 e. The molecule has 1 N–H and O–H groups in total. The normalized spacial score (nSPS) is 12.1. The fourth-order valence-electron chi connectivity index (χ4n) is 3.78. The first-order valence-corrected chi connectivity index (χ1v) is 11.2. The third kappa shape index (κ3) is 3.93. The van der Waals surface area contributed by atoms with Crippen molar-refractivity contribution in [2.24, 2.45) is 0 Å². The number of hydrogen-bond donors (Lipinski definition) is 1. The van der Waals surface area contributed by atoms with Crippen LogP contribution in [0.4, 0.5) is 0 Å². The molecule has 2 aromatic carbocycles. The van der Waals surface area contributed by atoms with Gasteiger partial charge in [0.2, 0.25) is 5.91 Å². The minimum atomic E-state index is -0.734. The van der Waals surface area contributed by atoms with E-state index in [0.717, 1.165) is 26.0 Å². The van der Waals surface area contributed by atoms with Crippen molar-refractivity contribution in [1.82, 2.24) is 15.1 Å². The molecule has 0 bridgehead atoms.